The summed E-state index contributed by atoms with van der Waals surface area (Å²) in [6, 6.07) is 9.71. The third-order valence-corrected chi connectivity index (χ3v) is 3.87. The van der Waals surface area contributed by atoms with Crippen molar-refractivity contribution in [1.82, 2.24) is 24.8 Å². The molecule has 0 saturated carbocycles. The molecule has 0 radical (unpaired) electrons. The second-order valence-corrected chi connectivity index (χ2v) is 5.50. The average molecular weight is 337 g/mol. The molecular weight excluding hydrogens is 325 g/mol. The Kier molecular flexibility index (Phi) is 3.50. The molecule has 7 nitrogen and oxygen atoms in total. The lowest BCUT2D eigenvalue weighted by Crippen LogP contribution is -2.04. The highest BCUT2D eigenvalue weighted by atomic mass is 19.1. The number of aromatic nitrogens is 5. The molecule has 4 aromatic rings. The number of carbonyl (C=O) groups is 1. The van der Waals surface area contributed by atoms with Gasteiger partial charge in [0.2, 0.25) is 0 Å². The number of H-pyrrole nitrogens is 1. The van der Waals surface area contributed by atoms with Crippen molar-refractivity contribution in [2.45, 2.75) is 6.42 Å². The third-order valence-electron chi connectivity index (χ3n) is 3.87. The van der Waals surface area contributed by atoms with Gasteiger partial charge < -0.3 is 5.11 Å². The van der Waals surface area contributed by atoms with Gasteiger partial charge in [-0.3, -0.25) is 14.3 Å². The average Bonchev–Trinajstić information content (AvgIpc) is 3.22. The summed E-state index contributed by atoms with van der Waals surface area (Å²) < 4.78 is 14.8. The first-order valence-corrected chi connectivity index (χ1v) is 7.47. The summed E-state index contributed by atoms with van der Waals surface area (Å²) in [5, 5.41) is 23.9. The van der Waals surface area contributed by atoms with Crippen LogP contribution in [0.1, 0.15) is 5.82 Å². The summed E-state index contributed by atoms with van der Waals surface area (Å²) in [6.07, 6.45) is 3.22. The molecule has 0 fully saturated rings. The largest absolute Gasteiger partial charge is 0.481 e. The van der Waals surface area contributed by atoms with E-state index in [2.05, 4.69) is 20.4 Å². The summed E-state index contributed by atoms with van der Waals surface area (Å²) >= 11 is 0. The fourth-order valence-corrected chi connectivity index (χ4v) is 2.69. The normalized spacial score (nSPS) is 11.1. The van der Waals surface area contributed by atoms with Crippen molar-refractivity contribution < 1.29 is 14.3 Å². The summed E-state index contributed by atoms with van der Waals surface area (Å²) in [5.41, 5.74) is 3.72. The number of halogens is 1. The number of aromatic amines is 1. The van der Waals surface area contributed by atoms with Gasteiger partial charge in [-0.05, 0) is 36.4 Å². The summed E-state index contributed by atoms with van der Waals surface area (Å²) in [6.45, 7) is 0. The van der Waals surface area contributed by atoms with Crippen LogP contribution in [0.15, 0.2) is 48.8 Å². The molecule has 2 N–H and O–H groups in total. The lowest BCUT2D eigenvalue weighted by atomic mass is 10.0. The van der Waals surface area contributed by atoms with Crippen LogP contribution in [0.25, 0.3) is 28.0 Å². The predicted octanol–water partition coefficient (Wildman–Crippen LogP) is 2.55. The molecule has 0 aliphatic carbocycles. The van der Waals surface area contributed by atoms with Crippen LogP contribution in [0.5, 0.6) is 0 Å². The molecule has 0 unspecified atom stereocenters. The number of nitrogens with one attached hydrogen (secondary N) is 1. The monoisotopic (exact) mass is 337 g/mol. The number of carboxylic acid groups (broad SMARTS) is 1. The lowest BCUT2D eigenvalue weighted by Gasteiger charge is -2.05. The number of fused-ring (bicyclic) bond motifs is 1. The smallest absolute Gasteiger partial charge is 0.311 e. The topological polar surface area (TPSA) is 96.2 Å². The van der Waals surface area contributed by atoms with Crippen molar-refractivity contribution in [3.63, 3.8) is 0 Å². The fourth-order valence-electron chi connectivity index (χ4n) is 2.69. The van der Waals surface area contributed by atoms with Crippen molar-refractivity contribution in [2.75, 3.05) is 0 Å². The minimum Gasteiger partial charge on any atom is -0.481 e. The molecule has 0 bridgehead atoms. The number of rotatable bonds is 4. The molecular formula is C17H12FN5O2. The summed E-state index contributed by atoms with van der Waals surface area (Å²) in [5.74, 6) is -0.944. The van der Waals surface area contributed by atoms with Crippen LogP contribution in [0.4, 0.5) is 4.39 Å². The summed E-state index contributed by atoms with van der Waals surface area (Å²) in [4.78, 5) is 11.0. The predicted molar refractivity (Wildman–Crippen MR) is 87.3 cm³/mol. The SMILES string of the molecule is O=C(O)Cc1nnc2ccc(-c3cn[nH]c3-c3ccc(F)cc3)cn12. The Morgan fingerprint density at radius 2 is 1.88 bits per heavy atom. The molecule has 0 saturated heterocycles. The third kappa shape index (κ3) is 2.74. The number of hydrogen-bond acceptors (Lipinski definition) is 4. The van der Waals surface area contributed by atoms with E-state index in [0.717, 1.165) is 22.4 Å². The van der Waals surface area contributed by atoms with E-state index in [1.807, 2.05) is 6.07 Å². The molecule has 0 amide bonds. The first kappa shape index (κ1) is 15.0. The van der Waals surface area contributed by atoms with Gasteiger partial charge in [-0.1, -0.05) is 0 Å². The molecule has 0 aliphatic heterocycles. The van der Waals surface area contributed by atoms with Gasteiger partial charge in [-0.25, -0.2) is 4.39 Å². The van der Waals surface area contributed by atoms with Crippen molar-refractivity contribution in [2.24, 2.45) is 0 Å². The zero-order valence-electron chi connectivity index (χ0n) is 12.8. The maximum Gasteiger partial charge on any atom is 0.311 e. The number of carboxylic acids is 1. The van der Waals surface area contributed by atoms with Crippen LogP contribution in [-0.2, 0) is 11.2 Å². The van der Waals surface area contributed by atoms with E-state index in [0.29, 0.717) is 11.5 Å². The zero-order valence-corrected chi connectivity index (χ0v) is 12.8. The van der Waals surface area contributed by atoms with Gasteiger partial charge in [0, 0.05) is 22.9 Å². The van der Waals surface area contributed by atoms with Crippen LogP contribution in [0, 0.1) is 5.82 Å². The Hall–Kier alpha value is -3.55. The van der Waals surface area contributed by atoms with Gasteiger partial charge in [0.25, 0.3) is 0 Å². The van der Waals surface area contributed by atoms with Gasteiger partial charge >= 0.3 is 5.97 Å². The van der Waals surface area contributed by atoms with Crippen LogP contribution >= 0.6 is 0 Å². The quantitative estimate of drug-likeness (QED) is 0.596. The standard InChI is InChI=1S/C17H12FN5O2/c18-12-4-1-10(2-5-12)17-13(8-19-22-17)11-3-6-14-20-21-15(7-16(24)25)23(14)9-11/h1-6,8-9H,7H2,(H,19,22)(H,24,25). The van der Waals surface area contributed by atoms with Crippen LogP contribution < -0.4 is 0 Å². The van der Waals surface area contributed by atoms with Crippen LogP contribution in [0.3, 0.4) is 0 Å². The molecule has 8 heteroatoms. The molecule has 0 aliphatic rings. The summed E-state index contributed by atoms with van der Waals surface area (Å²) in [7, 11) is 0. The van der Waals surface area contributed by atoms with E-state index in [9.17, 15) is 9.18 Å². The van der Waals surface area contributed by atoms with Crippen molar-refractivity contribution >= 4 is 11.6 Å². The molecule has 3 aromatic heterocycles. The van der Waals surface area contributed by atoms with E-state index >= 15 is 0 Å². The van der Waals surface area contributed by atoms with Crippen LogP contribution in [-0.4, -0.2) is 35.9 Å². The van der Waals surface area contributed by atoms with Crippen molar-refractivity contribution in [1.29, 1.82) is 0 Å². The minimum absolute atomic E-state index is 0.221. The second kappa shape index (κ2) is 5.82. The van der Waals surface area contributed by atoms with Crippen LogP contribution in [0.2, 0.25) is 0 Å². The Balaban J connectivity index is 1.81. The van der Waals surface area contributed by atoms with E-state index in [4.69, 9.17) is 5.11 Å². The molecule has 1 aromatic carbocycles. The molecule has 0 atom stereocenters. The molecule has 124 valence electrons. The minimum atomic E-state index is -0.977. The molecule has 3 heterocycles. The number of pyridine rings is 1. The molecule has 0 spiro atoms. The van der Waals surface area contributed by atoms with Gasteiger partial charge in [0.15, 0.2) is 5.65 Å². The number of hydrogen-bond donors (Lipinski definition) is 2. The van der Waals surface area contributed by atoms with Gasteiger partial charge in [-0.15, -0.1) is 10.2 Å². The van der Waals surface area contributed by atoms with Gasteiger partial charge in [0.1, 0.15) is 18.1 Å². The Bertz CT molecular complexity index is 1070. The highest BCUT2D eigenvalue weighted by molar-refractivity contribution is 5.80. The number of aliphatic carboxylic acids is 1. The van der Waals surface area contributed by atoms with E-state index in [1.165, 1.54) is 12.1 Å². The fraction of sp³-hybridized carbons (Fsp3) is 0.0588. The maximum atomic E-state index is 13.1. The first-order chi connectivity index (χ1) is 12.1. The molecule has 25 heavy (non-hydrogen) atoms. The Morgan fingerprint density at radius 1 is 1.12 bits per heavy atom. The van der Waals surface area contributed by atoms with E-state index in [1.54, 1.807) is 35.0 Å². The maximum absolute atomic E-state index is 13.1. The first-order valence-electron chi connectivity index (χ1n) is 7.47. The number of benzene rings is 1. The zero-order chi connectivity index (χ0) is 17.4. The number of nitrogens with zero attached hydrogens (tertiary/aromatic N) is 4. The Morgan fingerprint density at radius 3 is 2.64 bits per heavy atom. The van der Waals surface area contributed by atoms with Crippen molar-refractivity contribution in [3.05, 3.63) is 60.4 Å². The highest BCUT2D eigenvalue weighted by Gasteiger charge is 2.14. The van der Waals surface area contributed by atoms with Gasteiger partial charge in [0.05, 0.1) is 11.9 Å². The van der Waals surface area contributed by atoms with E-state index in [-0.39, 0.29) is 12.2 Å². The van der Waals surface area contributed by atoms with Crippen molar-refractivity contribution in [3.8, 4) is 22.4 Å². The highest BCUT2D eigenvalue weighted by Crippen LogP contribution is 2.30. The molecule has 4 rings (SSSR count). The van der Waals surface area contributed by atoms with Gasteiger partial charge in [-0.2, -0.15) is 5.10 Å². The Labute approximate surface area is 140 Å². The van der Waals surface area contributed by atoms with E-state index < -0.39 is 5.97 Å². The second-order valence-electron chi connectivity index (χ2n) is 5.50. The lowest BCUT2D eigenvalue weighted by molar-refractivity contribution is -0.136.